The molecule has 4 aliphatic rings. The Hall–Kier alpha value is -3.06. The Bertz CT molecular complexity index is 1180. The third-order valence-corrected chi connectivity index (χ3v) is 8.03. The number of allylic oxidation sites excluding steroid dienone is 1. The Morgan fingerprint density at radius 2 is 1.84 bits per heavy atom. The highest BCUT2D eigenvalue weighted by Crippen LogP contribution is 2.61. The van der Waals surface area contributed by atoms with Crippen molar-refractivity contribution in [3.8, 4) is 11.8 Å². The molecular weight excluding hydrogens is 394 g/mol. The van der Waals surface area contributed by atoms with Crippen LogP contribution in [0.25, 0.3) is 22.7 Å². The van der Waals surface area contributed by atoms with E-state index in [1.54, 1.807) is 0 Å². The fraction of sp³-hybridized carbons (Fsp3) is 0.429. The topological polar surface area (TPSA) is 61.7 Å². The fourth-order valence-electron chi connectivity index (χ4n) is 7.13. The maximum atomic E-state index is 9.97. The van der Waals surface area contributed by atoms with Gasteiger partial charge < -0.3 is 9.72 Å². The van der Waals surface area contributed by atoms with Crippen LogP contribution in [0.3, 0.4) is 0 Å². The van der Waals surface area contributed by atoms with Gasteiger partial charge in [0.2, 0.25) is 0 Å². The van der Waals surface area contributed by atoms with Crippen LogP contribution in [-0.2, 0) is 5.41 Å². The monoisotopic (exact) mass is 423 g/mol. The van der Waals surface area contributed by atoms with Gasteiger partial charge in [-0.3, -0.25) is 0 Å². The summed E-state index contributed by atoms with van der Waals surface area (Å²) in [7, 11) is 0. The van der Waals surface area contributed by atoms with Crippen molar-refractivity contribution >= 4 is 22.7 Å². The second-order valence-electron chi connectivity index (χ2n) is 10.2. The van der Waals surface area contributed by atoms with E-state index < -0.39 is 0 Å². The first-order valence-electron chi connectivity index (χ1n) is 12.0. The molecule has 1 N–H and O–H groups in total. The summed E-state index contributed by atoms with van der Waals surface area (Å²) >= 11 is 0. The van der Waals surface area contributed by atoms with Gasteiger partial charge in [0.1, 0.15) is 17.6 Å². The summed E-state index contributed by atoms with van der Waals surface area (Å²) in [6, 6.07) is 17.0. The van der Waals surface area contributed by atoms with E-state index in [-0.39, 0.29) is 0 Å². The van der Waals surface area contributed by atoms with Crippen molar-refractivity contribution in [3.05, 3.63) is 59.4 Å². The van der Waals surface area contributed by atoms with Crippen LogP contribution in [0.5, 0.6) is 5.75 Å². The van der Waals surface area contributed by atoms with Gasteiger partial charge in [-0.25, -0.2) is 4.98 Å². The van der Waals surface area contributed by atoms with Gasteiger partial charge in [0.25, 0.3) is 0 Å². The van der Waals surface area contributed by atoms with Crippen molar-refractivity contribution in [2.24, 2.45) is 17.8 Å². The highest BCUT2D eigenvalue weighted by molar-refractivity contribution is 5.91. The zero-order valence-corrected chi connectivity index (χ0v) is 18.6. The van der Waals surface area contributed by atoms with Gasteiger partial charge in [0.15, 0.2) is 0 Å². The largest absolute Gasteiger partial charge is 0.493 e. The van der Waals surface area contributed by atoms with Gasteiger partial charge in [-0.05, 0) is 105 Å². The molecule has 3 aromatic rings. The number of hydrogen-bond acceptors (Lipinski definition) is 3. The minimum absolute atomic E-state index is 0.314. The number of nitriles is 1. The van der Waals surface area contributed by atoms with Gasteiger partial charge in [-0.2, -0.15) is 5.26 Å². The third-order valence-electron chi connectivity index (χ3n) is 8.03. The number of nitrogens with zero attached hydrogens (tertiary/aromatic N) is 2. The summed E-state index contributed by atoms with van der Waals surface area (Å²) < 4.78 is 5.97. The predicted octanol–water partition coefficient (Wildman–Crippen LogP) is 6.49. The molecule has 4 fully saturated rings. The fourth-order valence-corrected chi connectivity index (χ4v) is 7.13. The highest BCUT2D eigenvalue weighted by atomic mass is 16.5. The van der Waals surface area contributed by atoms with E-state index >= 15 is 0 Å². The second-order valence-corrected chi connectivity index (χ2v) is 10.2. The van der Waals surface area contributed by atoms with Crippen LogP contribution in [0.4, 0.5) is 0 Å². The van der Waals surface area contributed by atoms with Crippen LogP contribution in [0, 0.1) is 29.1 Å². The average molecular weight is 424 g/mol. The standard InChI is InChI=1S/C28H29N3O/c1-2-32-26-8-7-23(28-14-18-9-19(15-28)11-20(10-18)16-28)13-21(26)12-22(17-29)27-30-24-5-3-4-6-25(24)31-27/h3-8,12-13,18-20H,2,9-11,14-16H2,1H3,(H,30,31). The molecule has 0 radical (unpaired) electrons. The molecule has 4 saturated carbocycles. The summed E-state index contributed by atoms with van der Waals surface area (Å²) in [6.07, 6.45) is 10.2. The molecule has 4 heteroatoms. The van der Waals surface area contributed by atoms with E-state index in [1.807, 2.05) is 37.3 Å². The van der Waals surface area contributed by atoms with Crippen LogP contribution >= 0.6 is 0 Å². The Balaban J connectivity index is 1.42. The lowest BCUT2D eigenvalue weighted by atomic mass is 9.48. The van der Waals surface area contributed by atoms with Crippen LogP contribution in [0.1, 0.15) is 62.4 Å². The lowest BCUT2D eigenvalue weighted by Crippen LogP contribution is -2.48. The Kier molecular flexibility index (Phi) is 4.61. The van der Waals surface area contributed by atoms with Gasteiger partial charge in [-0.1, -0.05) is 18.2 Å². The Morgan fingerprint density at radius 3 is 2.50 bits per heavy atom. The molecule has 4 bridgehead atoms. The molecule has 7 rings (SSSR count). The average Bonchev–Trinajstić information content (AvgIpc) is 3.21. The lowest BCUT2D eigenvalue weighted by molar-refractivity contribution is -0.00521. The van der Waals surface area contributed by atoms with E-state index in [0.717, 1.165) is 40.1 Å². The molecule has 1 aromatic heterocycles. The second kappa shape index (κ2) is 7.52. The first kappa shape index (κ1) is 19.6. The van der Waals surface area contributed by atoms with Crippen molar-refractivity contribution in [2.45, 2.75) is 50.9 Å². The minimum atomic E-state index is 0.314. The molecule has 0 atom stereocenters. The van der Waals surface area contributed by atoms with Crippen molar-refractivity contribution in [1.29, 1.82) is 5.26 Å². The molecule has 4 aliphatic carbocycles. The quantitative estimate of drug-likeness (QED) is 0.477. The summed E-state index contributed by atoms with van der Waals surface area (Å²) in [4.78, 5) is 7.94. The molecule has 162 valence electrons. The first-order valence-corrected chi connectivity index (χ1v) is 12.0. The lowest BCUT2D eigenvalue weighted by Gasteiger charge is -2.57. The number of rotatable bonds is 5. The highest BCUT2D eigenvalue weighted by Gasteiger charge is 2.51. The smallest absolute Gasteiger partial charge is 0.149 e. The van der Waals surface area contributed by atoms with E-state index in [1.165, 1.54) is 44.1 Å². The maximum absolute atomic E-state index is 9.97. The van der Waals surface area contributed by atoms with Crippen LogP contribution in [0.15, 0.2) is 42.5 Å². The number of aromatic amines is 1. The van der Waals surface area contributed by atoms with Gasteiger partial charge in [0, 0.05) is 5.56 Å². The van der Waals surface area contributed by atoms with E-state index in [0.29, 0.717) is 23.4 Å². The number of para-hydroxylation sites is 2. The van der Waals surface area contributed by atoms with Crippen molar-refractivity contribution < 1.29 is 4.74 Å². The molecule has 32 heavy (non-hydrogen) atoms. The van der Waals surface area contributed by atoms with Crippen molar-refractivity contribution in [3.63, 3.8) is 0 Å². The maximum Gasteiger partial charge on any atom is 0.149 e. The SMILES string of the molecule is CCOc1ccc(C23CC4CC(CC(C4)C2)C3)cc1C=C(C#N)c1nc2ccccc2[nH]1. The molecule has 4 nitrogen and oxygen atoms in total. The zero-order valence-electron chi connectivity index (χ0n) is 18.6. The first-order chi connectivity index (χ1) is 15.7. The van der Waals surface area contributed by atoms with Gasteiger partial charge in [-0.15, -0.1) is 0 Å². The number of ether oxygens (including phenoxy) is 1. The molecule has 0 unspecified atom stereocenters. The Morgan fingerprint density at radius 1 is 1.12 bits per heavy atom. The predicted molar refractivity (Wildman–Crippen MR) is 127 cm³/mol. The number of fused-ring (bicyclic) bond motifs is 1. The number of hydrogen-bond donors (Lipinski definition) is 1. The minimum Gasteiger partial charge on any atom is -0.493 e. The summed E-state index contributed by atoms with van der Waals surface area (Å²) in [5, 5.41) is 9.97. The molecular formula is C28H29N3O. The normalized spacial score (nSPS) is 28.8. The molecule has 1 heterocycles. The van der Waals surface area contributed by atoms with Crippen molar-refractivity contribution in [1.82, 2.24) is 9.97 Å². The number of benzene rings is 2. The molecule has 2 aromatic carbocycles. The van der Waals surface area contributed by atoms with Gasteiger partial charge in [0.05, 0.1) is 23.2 Å². The summed E-state index contributed by atoms with van der Waals surface area (Å²) in [6.45, 7) is 2.61. The van der Waals surface area contributed by atoms with Crippen molar-refractivity contribution in [2.75, 3.05) is 6.61 Å². The molecule has 0 spiro atoms. The van der Waals surface area contributed by atoms with E-state index in [9.17, 15) is 5.26 Å². The van der Waals surface area contributed by atoms with Crippen LogP contribution in [-0.4, -0.2) is 16.6 Å². The van der Waals surface area contributed by atoms with E-state index in [2.05, 4.69) is 34.2 Å². The van der Waals surface area contributed by atoms with Gasteiger partial charge >= 0.3 is 0 Å². The summed E-state index contributed by atoms with van der Waals surface area (Å²) in [5.41, 5.74) is 5.08. The number of imidazole rings is 1. The van der Waals surface area contributed by atoms with Crippen LogP contribution in [0.2, 0.25) is 0 Å². The molecule has 0 saturated heterocycles. The number of nitrogens with one attached hydrogen (secondary N) is 1. The summed E-state index contributed by atoms with van der Waals surface area (Å²) in [5.74, 6) is 4.15. The number of H-pyrrole nitrogens is 1. The number of aromatic nitrogens is 2. The molecule has 0 amide bonds. The van der Waals surface area contributed by atoms with Crippen LogP contribution < -0.4 is 4.74 Å². The third kappa shape index (κ3) is 3.23. The van der Waals surface area contributed by atoms with E-state index in [4.69, 9.17) is 4.74 Å². The zero-order chi connectivity index (χ0) is 21.7. The Labute approximate surface area is 189 Å². The molecule has 0 aliphatic heterocycles.